The number of aromatic nitrogens is 7. The molecule has 4 rings (SSSR count). The van der Waals surface area contributed by atoms with Crippen molar-refractivity contribution in [3.8, 4) is 0 Å². The Kier molecular flexibility index (Phi) is 4.23. The molecule has 1 saturated carbocycles. The molecule has 0 aliphatic heterocycles. The number of nitrogens with zero attached hydrogens (tertiary/aromatic N) is 7. The van der Waals surface area contributed by atoms with Gasteiger partial charge in [0.15, 0.2) is 11.6 Å². The first-order valence-electron chi connectivity index (χ1n) is 8.43. The first-order valence-corrected chi connectivity index (χ1v) is 8.80. The van der Waals surface area contributed by atoms with E-state index in [2.05, 4.69) is 35.1 Å². The van der Waals surface area contributed by atoms with Crippen LogP contribution in [0.25, 0.3) is 0 Å². The average Bonchev–Trinajstić information content (AvgIpc) is 3.19. The van der Waals surface area contributed by atoms with Crippen molar-refractivity contribution in [2.24, 2.45) is 7.05 Å². The highest BCUT2D eigenvalue weighted by molar-refractivity contribution is 6.33. The Hall–Kier alpha value is -2.68. The Morgan fingerprint density at radius 2 is 2.12 bits per heavy atom. The third kappa shape index (κ3) is 3.10. The predicted octanol–water partition coefficient (Wildman–Crippen LogP) is 1.75. The molecule has 3 N–H and O–H groups in total. The van der Waals surface area contributed by atoms with Crippen LogP contribution < -0.4 is 11.1 Å². The maximum atomic E-state index is 6.26. The number of nitrogen functional groups attached to an aromatic ring is 1. The molecule has 0 aromatic carbocycles. The fourth-order valence-electron chi connectivity index (χ4n) is 3.22. The van der Waals surface area contributed by atoms with Crippen molar-refractivity contribution in [1.29, 1.82) is 0 Å². The van der Waals surface area contributed by atoms with E-state index >= 15 is 0 Å². The second-order valence-electron chi connectivity index (χ2n) is 6.58. The van der Waals surface area contributed by atoms with Crippen LogP contribution in [0.15, 0.2) is 18.5 Å². The smallest absolute Gasteiger partial charge is 0.222 e. The quantitative estimate of drug-likeness (QED) is 0.700. The summed E-state index contributed by atoms with van der Waals surface area (Å²) in [6.45, 7) is 2.43. The highest BCUT2D eigenvalue weighted by Crippen LogP contribution is 2.38. The Bertz CT molecular complexity index is 912. The van der Waals surface area contributed by atoms with E-state index < -0.39 is 0 Å². The van der Waals surface area contributed by atoms with Gasteiger partial charge in [-0.25, -0.2) is 4.98 Å². The highest BCUT2D eigenvalue weighted by atomic mass is 35.5. The van der Waals surface area contributed by atoms with Crippen LogP contribution in [0.1, 0.15) is 36.1 Å². The minimum absolute atomic E-state index is 0.224. The molecule has 26 heavy (non-hydrogen) atoms. The third-order valence-electron chi connectivity index (χ3n) is 4.74. The lowest BCUT2D eigenvalue weighted by atomic mass is 9.79. The van der Waals surface area contributed by atoms with E-state index in [1.807, 2.05) is 30.9 Å². The van der Waals surface area contributed by atoms with Gasteiger partial charge in [0.05, 0.1) is 5.69 Å². The second kappa shape index (κ2) is 6.56. The van der Waals surface area contributed by atoms with Gasteiger partial charge in [0.1, 0.15) is 17.4 Å². The summed E-state index contributed by atoms with van der Waals surface area (Å²) >= 11 is 6.26. The Morgan fingerprint density at radius 1 is 1.31 bits per heavy atom. The summed E-state index contributed by atoms with van der Waals surface area (Å²) in [5, 5.41) is 16.8. The van der Waals surface area contributed by atoms with Gasteiger partial charge in [0.25, 0.3) is 0 Å². The number of halogens is 1. The highest BCUT2D eigenvalue weighted by Gasteiger charge is 2.34. The van der Waals surface area contributed by atoms with Gasteiger partial charge in [0, 0.05) is 31.4 Å². The number of rotatable bonds is 5. The number of nitrogens with two attached hydrogens (primary N) is 1. The van der Waals surface area contributed by atoms with Crippen LogP contribution in [0.4, 0.5) is 11.8 Å². The zero-order valence-electron chi connectivity index (χ0n) is 14.6. The van der Waals surface area contributed by atoms with Crippen LogP contribution in [0.5, 0.6) is 0 Å². The lowest BCUT2D eigenvalue weighted by Crippen LogP contribution is -2.35. The molecule has 0 atom stereocenters. The first kappa shape index (κ1) is 16.8. The molecular formula is C16H20ClN9. The van der Waals surface area contributed by atoms with Crippen molar-refractivity contribution in [2.45, 2.75) is 38.3 Å². The summed E-state index contributed by atoms with van der Waals surface area (Å²) in [5.74, 6) is 3.06. The third-order valence-corrected chi connectivity index (χ3v) is 5.19. The SMILES string of the molecule is Cc1nc(N)nc(NC2CC(c3nnc(Cn4cccn4)n3C)C2)c1Cl. The summed E-state index contributed by atoms with van der Waals surface area (Å²) in [6.07, 6.45) is 5.54. The number of anilines is 2. The van der Waals surface area contributed by atoms with Gasteiger partial charge in [-0.3, -0.25) is 4.68 Å². The number of hydrogen-bond acceptors (Lipinski definition) is 7. The lowest BCUT2D eigenvalue weighted by molar-refractivity contribution is 0.351. The minimum Gasteiger partial charge on any atom is -0.368 e. The molecule has 3 aromatic rings. The molecule has 0 unspecified atom stereocenters. The molecule has 136 valence electrons. The first-order chi connectivity index (χ1) is 12.5. The van der Waals surface area contributed by atoms with Gasteiger partial charge in [-0.05, 0) is 25.8 Å². The normalized spacial score (nSPS) is 19.3. The molecular weight excluding hydrogens is 354 g/mol. The summed E-state index contributed by atoms with van der Waals surface area (Å²) in [4.78, 5) is 8.26. The molecule has 0 radical (unpaired) electrons. The standard InChI is InChI=1S/C16H20ClN9/c1-9-13(17)14(22-16(18)20-9)21-11-6-10(7-11)15-24-23-12(25(15)2)8-26-5-3-4-19-26/h3-5,10-11H,6-8H2,1-2H3,(H3,18,20,21,22). The van der Waals surface area contributed by atoms with Gasteiger partial charge in [0.2, 0.25) is 5.95 Å². The van der Waals surface area contributed by atoms with Crippen molar-refractivity contribution in [1.82, 2.24) is 34.5 Å². The van der Waals surface area contributed by atoms with Crippen molar-refractivity contribution >= 4 is 23.4 Å². The average molecular weight is 374 g/mol. The number of aryl methyl sites for hydroxylation is 1. The van der Waals surface area contributed by atoms with Gasteiger partial charge in [-0.1, -0.05) is 11.6 Å². The van der Waals surface area contributed by atoms with E-state index in [4.69, 9.17) is 17.3 Å². The molecule has 0 spiro atoms. The largest absolute Gasteiger partial charge is 0.368 e. The summed E-state index contributed by atoms with van der Waals surface area (Å²) in [6, 6.07) is 2.17. The minimum atomic E-state index is 0.224. The zero-order valence-corrected chi connectivity index (χ0v) is 15.3. The summed E-state index contributed by atoms with van der Waals surface area (Å²) in [5.41, 5.74) is 6.39. The number of hydrogen-bond donors (Lipinski definition) is 2. The molecule has 9 nitrogen and oxygen atoms in total. The molecule has 1 aliphatic rings. The molecule has 3 aromatic heterocycles. The van der Waals surface area contributed by atoms with Gasteiger partial charge in [-0.15, -0.1) is 10.2 Å². The van der Waals surface area contributed by atoms with Crippen LogP contribution in [-0.4, -0.2) is 40.6 Å². The van der Waals surface area contributed by atoms with Crippen LogP contribution in [-0.2, 0) is 13.6 Å². The van der Waals surface area contributed by atoms with Crippen molar-refractivity contribution < 1.29 is 0 Å². The van der Waals surface area contributed by atoms with Crippen molar-refractivity contribution in [3.63, 3.8) is 0 Å². The Balaban J connectivity index is 1.40. The topological polar surface area (TPSA) is 112 Å². The van der Waals surface area contributed by atoms with Crippen LogP contribution in [0.2, 0.25) is 5.02 Å². The van der Waals surface area contributed by atoms with Crippen molar-refractivity contribution in [3.05, 3.63) is 40.8 Å². The van der Waals surface area contributed by atoms with E-state index in [0.717, 1.165) is 24.5 Å². The van der Waals surface area contributed by atoms with Crippen LogP contribution >= 0.6 is 11.6 Å². The van der Waals surface area contributed by atoms with E-state index in [0.29, 0.717) is 29.0 Å². The molecule has 3 heterocycles. The van der Waals surface area contributed by atoms with Gasteiger partial charge >= 0.3 is 0 Å². The fraction of sp³-hybridized carbons (Fsp3) is 0.438. The monoisotopic (exact) mass is 373 g/mol. The molecule has 0 bridgehead atoms. The van der Waals surface area contributed by atoms with Crippen LogP contribution in [0, 0.1) is 6.92 Å². The van der Waals surface area contributed by atoms with Crippen LogP contribution in [0.3, 0.4) is 0 Å². The van der Waals surface area contributed by atoms with E-state index in [1.54, 1.807) is 6.20 Å². The molecule has 1 aliphatic carbocycles. The Labute approximate surface area is 155 Å². The zero-order chi connectivity index (χ0) is 18.3. The second-order valence-corrected chi connectivity index (χ2v) is 6.95. The van der Waals surface area contributed by atoms with E-state index in [-0.39, 0.29) is 12.0 Å². The predicted molar refractivity (Wildman–Crippen MR) is 97.9 cm³/mol. The fourth-order valence-corrected chi connectivity index (χ4v) is 3.36. The number of nitrogens with one attached hydrogen (secondary N) is 1. The maximum absolute atomic E-state index is 6.26. The lowest BCUT2D eigenvalue weighted by Gasteiger charge is -2.35. The van der Waals surface area contributed by atoms with E-state index in [9.17, 15) is 0 Å². The molecule has 0 amide bonds. The summed E-state index contributed by atoms with van der Waals surface area (Å²) < 4.78 is 3.89. The summed E-state index contributed by atoms with van der Waals surface area (Å²) in [7, 11) is 2.00. The molecule has 1 fully saturated rings. The molecule has 0 saturated heterocycles. The Morgan fingerprint density at radius 3 is 2.85 bits per heavy atom. The van der Waals surface area contributed by atoms with E-state index in [1.165, 1.54) is 0 Å². The maximum Gasteiger partial charge on any atom is 0.222 e. The van der Waals surface area contributed by atoms with Gasteiger partial charge in [-0.2, -0.15) is 10.1 Å². The van der Waals surface area contributed by atoms with Gasteiger partial charge < -0.3 is 15.6 Å². The van der Waals surface area contributed by atoms with Crippen molar-refractivity contribution in [2.75, 3.05) is 11.1 Å². The molecule has 10 heteroatoms.